The number of likely N-dealkylation sites (tertiary alicyclic amines) is 1. The van der Waals surface area contributed by atoms with Crippen molar-refractivity contribution in [3.05, 3.63) is 0 Å². The largest absolute Gasteiger partial charge is 0.463 e. The zero-order chi connectivity index (χ0) is 81.4. The maximum Gasteiger partial charge on any atom is 0.418 e. The Morgan fingerprint density at radius 2 is 0.584 bits per heavy atom. The van der Waals surface area contributed by atoms with E-state index in [1.54, 1.807) is 19.1 Å². The molecular formula is C97H190N2O14. The van der Waals surface area contributed by atoms with Crippen LogP contribution in [-0.4, -0.2) is 167 Å². The molecule has 2 heterocycles. The smallest absolute Gasteiger partial charge is 0.418 e. The molecular weight excluding hydrogens is 1420 g/mol. The van der Waals surface area contributed by atoms with E-state index in [1.165, 1.54) is 385 Å². The Morgan fingerprint density at radius 1 is 0.310 bits per heavy atom. The summed E-state index contributed by atoms with van der Waals surface area (Å²) < 4.78 is 63.2. The van der Waals surface area contributed by atoms with Crippen LogP contribution >= 0.6 is 0 Å². The average Bonchev–Trinajstić information content (AvgIpc) is 1.72. The van der Waals surface area contributed by atoms with Crippen molar-refractivity contribution < 1.29 is 66.5 Å². The number of esters is 1. The summed E-state index contributed by atoms with van der Waals surface area (Å²) >= 11 is 0. The number of rotatable bonds is 89. The summed E-state index contributed by atoms with van der Waals surface area (Å²) in [4.78, 5) is 39.3. The predicted molar refractivity (Wildman–Crippen MR) is 473 cm³/mol. The number of methoxy groups -OCH3 is 2. The topological polar surface area (TPSA) is 168 Å². The van der Waals surface area contributed by atoms with Gasteiger partial charge in [-0.25, -0.2) is 9.59 Å². The molecule has 0 aromatic carbocycles. The molecule has 113 heavy (non-hydrogen) atoms. The van der Waals surface area contributed by atoms with Crippen molar-refractivity contribution in [1.29, 1.82) is 0 Å². The Balaban J connectivity index is 0.00000113. The molecule has 5 unspecified atom stereocenters. The summed E-state index contributed by atoms with van der Waals surface area (Å²) in [5, 5.41) is 2.64. The summed E-state index contributed by atoms with van der Waals surface area (Å²) in [6.45, 7) is 17.2. The van der Waals surface area contributed by atoms with Gasteiger partial charge in [-0.2, -0.15) is 0 Å². The van der Waals surface area contributed by atoms with E-state index in [9.17, 15) is 14.4 Å². The maximum absolute atomic E-state index is 12.9. The predicted octanol–water partition coefficient (Wildman–Crippen LogP) is 27.5. The highest BCUT2D eigenvalue weighted by Gasteiger charge is 2.40. The molecule has 0 radical (unpaired) electrons. The van der Waals surface area contributed by atoms with Gasteiger partial charge in [0.05, 0.1) is 46.1 Å². The lowest BCUT2D eigenvalue weighted by atomic mass is 10.0. The summed E-state index contributed by atoms with van der Waals surface area (Å²) in [6.07, 6.45) is 86.8. The van der Waals surface area contributed by atoms with E-state index in [2.05, 4.69) is 33.0 Å². The van der Waals surface area contributed by atoms with Gasteiger partial charge in [-0.15, -0.1) is 0 Å². The van der Waals surface area contributed by atoms with E-state index in [4.69, 9.17) is 52.1 Å². The maximum atomic E-state index is 12.9. The molecule has 0 bridgehead atoms. The molecule has 2 aliphatic heterocycles. The van der Waals surface area contributed by atoms with Crippen LogP contribution in [0.4, 0.5) is 9.59 Å². The third kappa shape index (κ3) is 75.8. The third-order valence-corrected chi connectivity index (χ3v) is 23.1. The van der Waals surface area contributed by atoms with Gasteiger partial charge in [0.1, 0.15) is 37.1 Å². The molecule has 16 nitrogen and oxygen atoms in total. The van der Waals surface area contributed by atoms with Crippen LogP contribution in [0.2, 0.25) is 0 Å². The highest BCUT2D eigenvalue weighted by Crippen LogP contribution is 2.26. The SMILES string of the molecule is CCCCCCCCCCCCCCCCCCOC1CN(C(=O)OC(=O)NCCCOCCOC)CC1OCCCCCCCCCCCCCCCCCC.CCCCCCCCCCCCCCCCCCOC1COC(COC(=O)CCCCOCCOC)C1OCCCCCCCCCCCCCCCCCC. The van der Waals surface area contributed by atoms with E-state index >= 15 is 0 Å². The molecule has 0 saturated carbocycles. The van der Waals surface area contributed by atoms with Crippen LogP contribution in [-0.2, 0) is 56.9 Å². The van der Waals surface area contributed by atoms with Gasteiger partial charge in [0.15, 0.2) is 0 Å². The molecule has 2 fully saturated rings. The number of hydrogen-bond donors (Lipinski definition) is 1. The van der Waals surface area contributed by atoms with Crippen molar-refractivity contribution >= 4 is 18.2 Å². The number of ether oxygens (including phenoxy) is 11. The number of hydrogen-bond acceptors (Lipinski definition) is 14. The van der Waals surface area contributed by atoms with E-state index in [-0.39, 0.29) is 43.1 Å². The molecule has 672 valence electrons. The Labute approximate surface area is 699 Å². The van der Waals surface area contributed by atoms with Crippen LogP contribution in [0.3, 0.4) is 0 Å². The lowest BCUT2D eigenvalue weighted by Crippen LogP contribution is -2.38. The number of carbonyl (C=O) groups is 3. The minimum Gasteiger partial charge on any atom is -0.463 e. The number of nitrogens with zero attached hydrogens (tertiary/aromatic N) is 1. The van der Waals surface area contributed by atoms with Crippen molar-refractivity contribution in [2.75, 3.05) is 113 Å². The van der Waals surface area contributed by atoms with E-state index in [1.807, 2.05) is 0 Å². The van der Waals surface area contributed by atoms with Gasteiger partial charge in [0, 0.05) is 66.8 Å². The number of alkyl carbamates (subject to hydrolysis) is 1. The second kappa shape index (κ2) is 90.6. The molecule has 0 aromatic rings. The molecule has 0 spiro atoms. The fraction of sp³-hybridized carbons (Fsp3) is 0.969. The summed E-state index contributed by atoms with van der Waals surface area (Å²) in [7, 11) is 3.30. The second-order valence-electron chi connectivity index (χ2n) is 33.8. The normalized spacial score (nSPS) is 16.2. The standard InChI is InChI=1S/C49H96O7.C48H94N2O7/c1-4-6-8-10-12-14-16-18-20-22-24-26-28-30-32-35-40-53-46-44-55-47(45-56-48(50)38-34-37-39-52-43-42-51-3)49(46)54-41-36-33-31-29-27-25-23-21-19-17-15-13-11-9-7-5-2;1-4-6-8-10-12-14-16-18-20-22-24-26-28-30-32-34-39-55-45-43-50(48(52)57-47(51)49-37-36-38-54-42-41-53-3)44-46(45)56-40-35-33-31-29-27-25-23-21-19-17-15-13-11-9-7-5-2/h46-47,49H,4-45H2,1-3H3;45-46H,4-44H2,1-3H3,(H,49,51). The molecule has 0 aliphatic carbocycles. The van der Waals surface area contributed by atoms with Gasteiger partial charge in [-0.05, 0) is 44.9 Å². The van der Waals surface area contributed by atoms with Crippen molar-refractivity contribution in [2.45, 2.75) is 495 Å². The Morgan fingerprint density at radius 3 is 0.894 bits per heavy atom. The minimum absolute atomic E-state index is 0.0969. The number of unbranched alkanes of at least 4 members (excludes halogenated alkanes) is 61. The highest BCUT2D eigenvalue weighted by atomic mass is 16.6. The van der Waals surface area contributed by atoms with Gasteiger partial charge in [0.25, 0.3) is 0 Å². The number of carbonyl (C=O) groups excluding carboxylic acids is 3. The second-order valence-corrected chi connectivity index (χ2v) is 33.8. The first-order chi connectivity index (χ1) is 55.8. The molecule has 2 aliphatic rings. The fourth-order valence-corrected chi connectivity index (χ4v) is 15.6. The van der Waals surface area contributed by atoms with Gasteiger partial charge in [-0.1, -0.05) is 413 Å². The number of nitrogens with one attached hydrogen (secondary N) is 1. The lowest BCUT2D eigenvalue weighted by molar-refractivity contribution is -0.150. The quantitative estimate of drug-likeness (QED) is 0.0347. The number of amides is 2. The first kappa shape index (κ1) is 109. The first-order valence-corrected chi connectivity index (χ1v) is 49.5. The van der Waals surface area contributed by atoms with Crippen LogP contribution in [0.1, 0.15) is 464 Å². The van der Waals surface area contributed by atoms with Crippen LogP contribution in [0.25, 0.3) is 0 Å². The molecule has 1 N–H and O–H groups in total. The third-order valence-electron chi connectivity index (χ3n) is 23.1. The van der Waals surface area contributed by atoms with Gasteiger partial charge in [0.2, 0.25) is 0 Å². The summed E-state index contributed by atoms with van der Waals surface area (Å²) in [6, 6.07) is 0. The first-order valence-electron chi connectivity index (χ1n) is 49.5. The molecule has 2 amide bonds. The van der Waals surface area contributed by atoms with E-state index in [0.29, 0.717) is 98.5 Å². The summed E-state index contributed by atoms with van der Waals surface area (Å²) in [5.74, 6) is -0.181. The van der Waals surface area contributed by atoms with Gasteiger partial charge in [-0.3, -0.25) is 4.79 Å². The Bertz CT molecular complexity index is 1860. The van der Waals surface area contributed by atoms with Crippen molar-refractivity contribution in [3.8, 4) is 0 Å². The van der Waals surface area contributed by atoms with Crippen molar-refractivity contribution in [3.63, 3.8) is 0 Å². The van der Waals surface area contributed by atoms with Crippen molar-refractivity contribution in [1.82, 2.24) is 10.2 Å². The molecule has 0 aromatic heterocycles. The Kier molecular flexibility index (Phi) is 87.3. The molecule has 5 atom stereocenters. The minimum atomic E-state index is -0.736. The lowest BCUT2D eigenvalue weighted by Gasteiger charge is -2.23. The van der Waals surface area contributed by atoms with Crippen molar-refractivity contribution in [2.24, 2.45) is 0 Å². The van der Waals surface area contributed by atoms with Crippen LogP contribution in [0.5, 0.6) is 0 Å². The molecule has 2 saturated heterocycles. The zero-order valence-corrected chi connectivity index (χ0v) is 75.7. The van der Waals surface area contributed by atoms with Gasteiger partial charge >= 0.3 is 18.2 Å². The van der Waals surface area contributed by atoms with Gasteiger partial charge < -0.3 is 62.3 Å². The van der Waals surface area contributed by atoms with E-state index < -0.39 is 12.2 Å². The van der Waals surface area contributed by atoms with E-state index in [0.717, 1.165) is 45.1 Å². The fourth-order valence-electron chi connectivity index (χ4n) is 15.6. The highest BCUT2D eigenvalue weighted by molar-refractivity contribution is 5.83. The van der Waals surface area contributed by atoms with Crippen LogP contribution < -0.4 is 5.32 Å². The molecule has 2 rings (SSSR count). The summed E-state index contributed by atoms with van der Waals surface area (Å²) in [5.41, 5.74) is 0. The average molecular weight is 1610 g/mol. The Hall–Kier alpha value is -2.15. The zero-order valence-electron chi connectivity index (χ0n) is 75.7. The monoisotopic (exact) mass is 1610 g/mol. The van der Waals surface area contributed by atoms with Crippen LogP contribution in [0, 0.1) is 0 Å². The van der Waals surface area contributed by atoms with Crippen LogP contribution in [0.15, 0.2) is 0 Å². The molecule has 16 heteroatoms.